The van der Waals surface area contributed by atoms with Crippen LogP contribution in [-0.4, -0.2) is 10.4 Å². The Morgan fingerprint density at radius 1 is 1.31 bits per heavy atom. The second-order valence-electron chi connectivity index (χ2n) is 7.42. The molecule has 0 bridgehead atoms. The first-order valence-corrected chi connectivity index (χ1v) is 9.87. The van der Waals surface area contributed by atoms with Crippen molar-refractivity contribution in [3.63, 3.8) is 0 Å². The van der Waals surface area contributed by atoms with Gasteiger partial charge in [0.2, 0.25) is 6.19 Å². The van der Waals surface area contributed by atoms with Crippen molar-refractivity contribution in [2.24, 2.45) is 15.9 Å². The van der Waals surface area contributed by atoms with Gasteiger partial charge in [-0.15, -0.1) is 11.3 Å². The number of aliphatic imine (C=N–C) groups is 1. The molecule has 0 aliphatic carbocycles. The van der Waals surface area contributed by atoms with Crippen molar-refractivity contribution in [2.75, 3.05) is 0 Å². The third-order valence-electron chi connectivity index (χ3n) is 3.57. The van der Waals surface area contributed by atoms with Gasteiger partial charge in [0.1, 0.15) is 0 Å². The zero-order chi connectivity index (χ0) is 19.5. The highest BCUT2D eigenvalue weighted by atomic mass is 35.5. The summed E-state index contributed by atoms with van der Waals surface area (Å²) in [7, 11) is 0. The molecule has 138 valence electrons. The van der Waals surface area contributed by atoms with E-state index in [9.17, 15) is 0 Å². The Morgan fingerprint density at radius 3 is 2.58 bits per heavy atom. The molecule has 1 aromatic carbocycles. The van der Waals surface area contributed by atoms with E-state index in [4.69, 9.17) is 28.5 Å². The van der Waals surface area contributed by atoms with Crippen molar-refractivity contribution in [3.8, 4) is 6.19 Å². The summed E-state index contributed by atoms with van der Waals surface area (Å²) in [6.45, 7) is 11.6. The zero-order valence-electron chi connectivity index (χ0n) is 15.5. The summed E-state index contributed by atoms with van der Waals surface area (Å²) in [5, 5.41) is 9.86. The van der Waals surface area contributed by atoms with Gasteiger partial charge in [-0.3, -0.25) is 0 Å². The summed E-state index contributed by atoms with van der Waals surface area (Å²) in [5.74, 6) is 0.724. The van der Waals surface area contributed by atoms with Crippen molar-refractivity contribution < 1.29 is 0 Å². The topological polar surface area (TPSA) is 53.4 Å². The predicted molar refractivity (Wildman–Crippen MR) is 110 cm³/mol. The smallest absolute Gasteiger partial charge is 0.207 e. The molecule has 1 heterocycles. The predicted octanol–water partition coefficient (Wildman–Crippen LogP) is 5.64. The molecule has 7 heteroatoms. The van der Waals surface area contributed by atoms with Crippen molar-refractivity contribution >= 4 is 40.4 Å². The Kier molecular flexibility index (Phi) is 6.68. The second-order valence-corrected chi connectivity index (χ2v) is 9.22. The minimum atomic E-state index is 0.0113. The maximum absolute atomic E-state index is 9.11. The van der Waals surface area contributed by atoms with Crippen LogP contribution in [-0.2, 0) is 12.0 Å². The lowest BCUT2D eigenvalue weighted by molar-refractivity contribution is 0.509. The summed E-state index contributed by atoms with van der Waals surface area (Å²) in [5.41, 5.74) is 0.555. The van der Waals surface area contributed by atoms with Crippen molar-refractivity contribution in [3.05, 3.63) is 49.7 Å². The Hall–Kier alpha value is -1.61. The molecule has 0 unspecified atom stereocenters. The quantitative estimate of drug-likeness (QED) is 0.368. The summed E-state index contributed by atoms with van der Waals surface area (Å²) in [6.07, 6.45) is 3.95. The number of nitriles is 1. The van der Waals surface area contributed by atoms with Crippen molar-refractivity contribution in [1.29, 1.82) is 5.26 Å². The fraction of sp³-hybridized carbons (Fsp3) is 0.421. The molecule has 1 aromatic heterocycles. The van der Waals surface area contributed by atoms with Gasteiger partial charge in [0, 0.05) is 23.2 Å². The van der Waals surface area contributed by atoms with Gasteiger partial charge in [0.15, 0.2) is 10.6 Å². The van der Waals surface area contributed by atoms with Crippen LogP contribution >= 0.6 is 34.5 Å². The normalized spacial score (nSPS) is 13.3. The van der Waals surface area contributed by atoms with Crippen LogP contribution in [0.15, 0.2) is 34.4 Å². The maximum Gasteiger partial charge on any atom is 0.207 e. The molecular formula is C19H22Cl2N4S. The maximum atomic E-state index is 9.11. The molecule has 0 saturated carbocycles. The molecule has 0 aliphatic rings. The molecule has 0 saturated heterocycles. The Bertz CT molecular complexity index is 924. The number of benzene rings is 1. The average Bonchev–Trinajstić information content (AvgIpc) is 2.92. The Labute approximate surface area is 168 Å². The van der Waals surface area contributed by atoms with Crippen molar-refractivity contribution in [1.82, 2.24) is 4.57 Å². The molecule has 0 aliphatic heterocycles. The van der Waals surface area contributed by atoms with Gasteiger partial charge in [-0.05, 0) is 23.5 Å². The first-order valence-electron chi connectivity index (χ1n) is 8.30. The van der Waals surface area contributed by atoms with Gasteiger partial charge < -0.3 is 4.57 Å². The van der Waals surface area contributed by atoms with Crippen LogP contribution in [0.5, 0.6) is 0 Å². The van der Waals surface area contributed by atoms with Crippen molar-refractivity contribution in [2.45, 2.75) is 46.6 Å². The van der Waals surface area contributed by atoms with E-state index in [0.29, 0.717) is 21.5 Å². The van der Waals surface area contributed by atoms with Crippen LogP contribution in [0.2, 0.25) is 10.0 Å². The summed E-state index contributed by atoms with van der Waals surface area (Å²) >= 11 is 14.0. The van der Waals surface area contributed by atoms with Gasteiger partial charge in [0.25, 0.3) is 0 Å². The van der Waals surface area contributed by atoms with Crippen LogP contribution < -0.4 is 4.80 Å². The van der Waals surface area contributed by atoms with Gasteiger partial charge >= 0.3 is 0 Å². The van der Waals surface area contributed by atoms with Crippen LogP contribution in [0.25, 0.3) is 0 Å². The molecule has 4 nitrogen and oxygen atoms in total. The first-order chi connectivity index (χ1) is 12.1. The highest BCUT2D eigenvalue weighted by molar-refractivity contribution is 7.09. The zero-order valence-corrected chi connectivity index (χ0v) is 17.9. The van der Waals surface area contributed by atoms with E-state index < -0.39 is 0 Å². The molecule has 0 spiro atoms. The van der Waals surface area contributed by atoms with Crippen LogP contribution in [0, 0.1) is 17.4 Å². The minimum absolute atomic E-state index is 0.0113. The SMILES string of the molecule is CC(C)Cn1cc(C(C)(C)C)s/c1=N\C(=NC#N)c1cccc(Cl)c1Cl. The lowest BCUT2D eigenvalue weighted by atomic mass is 9.95. The molecule has 2 rings (SSSR count). The largest absolute Gasteiger partial charge is 0.323 e. The molecule has 2 aromatic rings. The van der Waals surface area contributed by atoms with E-state index in [-0.39, 0.29) is 11.3 Å². The Balaban J connectivity index is 2.67. The standard InChI is InChI=1S/C19H22Cl2N4S/c1-12(2)9-25-10-15(19(3,4)5)26-18(25)24-17(23-11-22)13-7-6-8-14(20)16(13)21/h6-8,10,12H,9H2,1-5H3/b23-17?,24-18-. The fourth-order valence-corrected chi connectivity index (χ4v) is 3.74. The third kappa shape index (κ3) is 4.97. The van der Waals surface area contributed by atoms with E-state index >= 15 is 0 Å². The first kappa shape index (κ1) is 20.7. The summed E-state index contributed by atoms with van der Waals surface area (Å²) in [4.78, 5) is 10.6. The second kappa shape index (κ2) is 8.39. The van der Waals surface area contributed by atoms with E-state index in [1.807, 2.05) is 6.19 Å². The van der Waals surface area contributed by atoms with E-state index in [2.05, 4.69) is 55.4 Å². The lowest BCUT2D eigenvalue weighted by Crippen LogP contribution is -2.19. The number of hydrogen-bond acceptors (Lipinski definition) is 3. The molecule has 0 radical (unpaired) electrons. The lowest BCUT2D eigenvalue weighted by Gasteiger charge is -2.14. The Morgan fingerprint density at radius 2 is 2.00 bits per heavy atom. The third-order valence-corrected chi connectivity index (χ3v) is 5.84. The molecule has 0 fully saturated rings. The van der Waals surface area contributed by atoms with Gasteiger partial charge in [0.05, 0.1) is 10.0 Å². The highest BCUT2D eigenvalue weighted by Crippen LogP contribution is 2.27. The van der Waals surface area contributed by atoms with Gasteiger partial charge in [-0.1, -0.05) is 63.9 Å². The molecule has 0 amide bonds. The minimum Gasteiger partial charge on any atom is -0.323 e. The molecule has 0 atom stereocenters. The van der Waals surface area contributed by atoms with E-state index in [0.717, 1.165) is 11.3 Å². The van der Waals surface area contributed by atoms with Gasteiger partial charge in [-0.2, -0.15) is 15.2 Å². The number of hydrogen-bond donors (Lipinski definition) is 0. The number of thiazole rings is 1. The number of amidine groups is 1. The number of rotatable bonds is 3. The number of aromatic nitrogens is 1. The number of nitrogens with zero attached hydrogens (tertiary/aromatic N) is 4. The average molecular weight is 409 g/mol. The van der Waals surface area contributed by atoms with Gasteiger partial charge in [-0.25, -0.2) is 0 Å². The number of halogens is 2. The summed E-state index contributed by atoms with van der Waals surface area (Å²) in [6, 6.07) is 5.22. The van der Waals surface area contributed by atoms with Crippen LogP contribution in [0.4, 0.5) is 0 Å². The fourth-order valence-electron chi connectivity index (χ4n) is 2.30. The van der Waals surface area contributed by atoms with Crippen LogP contribution in [0.1, 0.15) is 45.1 Å². The van der Waals surface area contributed by atoms with E-state index in [1.165, 1.54) is 4.88 Å². The highest BCUT2D eigenvalue weighted by Gasteiger charge is 2.19. The van der Waals surface area contributed by atoms with E-state index in [1.54, 1.807) is 29.5 Å². The molecule has 0 N–H and O–H groups in total. The molecule has 26 heavy (non-hydrogen) atoms. The summed E-state index contributed by atoms with van der Waals surface area (Å²) < 4.78 is 2.11. The monoisotopic (exact) mass is 408 g/mol. The molecular weight excluding hydrogens is 387 g/mol. The van der Waals surface area contributed by atoms with Crippen LogP contribution in [0.3, 0.4) is 0 Å².